The monoisotopic (exact) mass is 240 g/mol. The second-order valence-corrected chi connectivity index (χ2v) is 2.33. The molecule has 0 aliphatic carbocycles. The van der Waals surface area contributed by atoms with Gasteiger partial charge >= 0.3 is 0 Å². The Hall–Kier alpha value is -1.88. The number of ether oxygens (including phenoxy) is 1. The lowest BCUT2D eigenvalue weighted by molar-refractivity contribution is -0.129. The fraction of sp³-hybridized carbons (Fsp3) is 0.333. The molecular formula is C12H20N2O3. The van der Waals surface area contributed by atoms with Gasteiger partial charge in [-0.15, -0.1) is 0 Å². The van der Waals surface area contributed by atoms with E-state index < -0.39 is 0 Å². The van der Waals surface area contributed by atoms with E-state index in [0.717, 1.165) is 5.56 Å². The molecule has 0 saturated carbocycles. The van der Waals surface area contributed by atoms with E-state index in [0.29, 0.717) is 18.6 Å². The quantitative estimate of drug-likeness (QED) is 0.765. The summed E-state index contributed by atoms with van der Waals surface area (Å²) in [5, 5.41) is 2.51. The average molecular weight is 240 g/mol. The molecule has 5 nitrogen and oxygen atoms in total. The molecule has 0 saturated heterocycles. The van der Waals surface area contributed by atoms with Crippen LogP contribution in [0.15, 0.2) is 24.3 Å². The van der Waals surface area contributed by atoms with E-state index in [2.05, 4.69) is 15.8 Å². The number of para-hydroxylation sites is 1. The van der Waals surface area contributed by atoms with Gasteiger partial charge in [-0.05, 0) is 13.1 Å². The molecule has 0 radical (unpaired) electrons. The molecule has 0 atom stereocenters. The molecule has 3 N–H and O–H groups in total. The van der Waals surface area contributed by atoms with Gasteiger partial charge in [-0.2, -0.15) is 0 Å². The molecule has 5 heteroatoms. The van der Waals surface area contributed by atoms with Crippen molar-refractivity contribution in [1.82, 2.24) is 0 Å². The maximum absolute atomic E-state index is 10.2. The zero-order chi connectivity index (χ0) is 13.5. The third-order valence-corrected chi connectivity index (χ3v) is 1.54. The molecule has 0 aliphatic rings. The number of hydrogen-bond donors (Lipinski definition) is 2. The highest BCUT2D eigenvalue weighted by Gasteiger charge is 1.99. The molecule has 0 bridgehead atoms. The van der Waals surface area contributed by atoms with Crippen LogP contribution in [0.2, 0.25) is 0 Å². The van der Waals surface area contributed by atoms with Crippen molar-refractivity contribution < 1.29 is 14.3 Å². The van der Waals surface area contributed by atoms with Crippen molar-refractivity contribution in [3.05, 3.63) is 29.8 Å². The van der Waals surface area contributed by atoms with Crippen LogP contribution in [0.3, 0.4) is 0 Å². The van der Waals surface area contributed by atoms with Gasteiger partial charge in [-0.1, -0.05) is 32.0 Å². The first-order valence-corrected chi connectivity index (χ1v) is 5.29. The summed E-state index contributed by atoms with van der Waals surface area (Å²) in [5.74, 6) is 0. The number of hydrogen-bond acceptors (Lipinski definition) is 4. The Morgan fingerprint density at radius 2 is 1.82 bits per heavy atom. The lowest BCUT2D eigenvalue weighted by Gasteiger charge is -2.05. The summed E-state index contributed by atoms with van der Waals surface area (Å²) < 4.78 is 4.57. The first-order chi connectivity index (χ1) is 8.38. The van der Waals surface area contributed by atoms with Gasteiger partial charge < -0.3 is 15.8 Å². The molecule has 1 aromatic rings. The summed E-state index contributed by atoms with van der Waals surface area (Å²) in [6, 6.07) is 7.10. The summed E-state index contributed by atoms with van der Waals surface area (Å²) in [6.45, 7) is 4.54. The first-order valence-electron chi connectivity index (χ1n) is 5.29. The lowest BCUT2D eigenvalue weighted by atomic mass is 10.2. The van der Waals surface area contributed by atoms with E-state index >= 15 is 0 Å². The highest BCUT2D eigenvalue weighted by Crippen LogP contribution is 2.14. The third kappa shape index (κ3) is 7.98. The van der Waals surface area contributed by atoms with Crippen LogP contribution in [0.1, 0.15) is 19.4 Å². The molecule has 0 spiro atoms. The fourth-order valence-corrected chi connectivity index (χ4v) is 0.974. The Kier molecular flexibility index (Phi) is 14.5. The Morgan fingerprint density at radius 3 is 2.35 bits per heavy atom. The van der Waals surface area contributed by atoms with E-state index in [-0.39, 0.29) is 6.61 Å². The summed E-state index contributed by atoms with van der Waals surface area (Å²) in [4.78, 5) is 20.1. The van der Waals surface area contributed by atoms with Crippen LogP contribution in [0.4, 0.5) is 5.69 Å². The zero-order valence-electron chi connectivity index (χ0n) is 10.5. The topological polar surface area (TPSA) is 81.4 Å². The van der Waals surface area contributed by atoms with Crippen LogP contribution in [0.5, 0.6) is 0 Å². The molecule has 1 rings (SSSR count). The minimum atomic E-state index is 0.167. The summed E-state index contributed by atoms with van der Waals surface area (Å²) in [7, 11) is 1.50. The number of anilines is 1. The van der Waals surface area contributed by atoms with Crippen LogP contribution < -0.4 is 11.1 Å². The molecule has 0 heterocycles. The Balaban J connectivity index is 0. The van der Waals surface area contributed by atoms with Gasteiger partial charge in [0.05, 0.1) is 0 Å². The molecule has 0 unspecified atom stereocenters. The molecule has 17 heavy (non-hydrogen) atoms. The van der Waals surface area contributed by atoms with Gasteiger partial charge in [0.2, 0.25) is 6.41 Å². The van der Waals surface area contributed by atoms with Crippen molar-refractivity contribution in [2.75, 3.05) is 12.4 Å². The van der Waals surface area contributed by atoms with Gasteiger partial charge in [-0.25, -0.2) is 0 Å². The number of nitrogens with one attached hydrogen (secondary N) is 1. The van der Waals surface area contributed by atoms with Gasteiger partial charge in [0.15, 0.2) is 0 Å². The van der Waals surface area contributed by atoms with E-state index in [1.165, 1.54) is 7.05 Å². The number of amides is 1. The van der Waals surface area contributed by atoms with E-state index in [4.69, 9.17) is 0 Å². The number of benzene rings is 1. The summed E-state index contributed by atoms with van der Waals surface area (Å²) in [5.41, 5.74) is 5.92. The third-order valence-electron chi connectivity index (χ3n) is 1.54. The summed E-state index contributed by atoms with van der Waals surface area (Å²) >= 11 is 0. The standard InChI is InChI=1S/C9H9NO3.C2H6.CH5N/c11-6-10-9-4-2-1-3-8(9)5-13-7-12;2*1-2/h1-4,6-7H,5H2,(H,10,11);1-2H3;2H2,1H3. The van der Waals surface area contributed by atoms with Crippen molar-refractivity contribution in [2.45, 2.75) is 20.5 Å². The normalized spacial score (nSPS) is 7.53. The maximum atomic E-state index is 10.2. The van der Waals surface area contributed by atoms with Gasteiger partial charge in [0, 0.05) is 11.3 Å². The van der Waals surface area contributed by atoms with Crippen molar-refractivity contribution in [3.8, 4) is 0 Å². The SMILES string of the molecule is CC.CN.O=CNc1ccccc1COC=O. The van der Waals surface area contributed by atoms with Crippen LogP contribution in [-0.4, -0.2) is 19.9 Å². The Labute approximate surface area is 102 Å². The predicted octanol–water partition coefficient (Wildman–Crippen LogP) is 1.53. The van der Waals surface area contributed by atoms with Crippen LogP contribution in [-0.2, 0) is 20.9 Å². The fourth-order valence-electron chi connectivity index (χ4n) is 0.974. The van der Waals surface area contributed by atoms with Crippen LogP contribution in [0.25, 0.3) is 0 Å². The number of carbonyl (C=O) groups excluding carboxylic acids is 2. The second-order valence-electron chi connectivity index (χ2n) is 2.33. The zero-order valence-corrected chi connectivity index (χ0v) is 10.5. The largest absolute Gasteiger partial charge is 0.463 e. The molecule has 1 aromatic carbocycles. The predicted molar refractivity (Wildman–Crippen MR) is 68.4 cm³/mol. The maximum Gasteiger partial charge on any atom is 0.293 e. The Morgan fingerprint density at radius 1 is 1.24 bits per heavy atom. The number of nitrogens with two attached hydrogens (primary N) is 1. The Bertz CT molecular complexity index is 304. The molecule has 0 fully saturated rings. The summed E-state index contributed by atoms with van der Waals surface area (Å²) in [6.07, 6.45) is 0.583. The minimum absolute atomic E-state index is 0.167. The van der Waals surface area contributed by atoms with E-state index in [1.54, 1.807) is 24.3 Å². The van der Waals surface area contributed by atoms with Crippen molar-refractivity contribution in [3.63, 3.8) is 0 Å². The molecular weight excluding hydrogens is 220 g/mol. The van der Waals surface area contributed by atoms with Crippen molar-refractivity contribution in [1.29, 1.82) is 0 Å². The van der Waals surface area contributed by atoms with Crippen molar-refractivity contribution in [2.24, 2.45) is 5.73 Å². The van der Waals surface area contributed by atoms with Crippen LogP contribution in [0, 0.1) is 0 Å². The minimum Gasteiger partial charge on any atom is -0.463 e. The smallest absolute Gasteiger partial charge is 0.293 e. The molecule has 1 amide bonds. The van der Waals surface area contributed by atoms with Crippen molar-refractivity contribution >= 4 is 18.6 Å². The van der Waals surface area contributed by atoms with Gasteiger partial charge in [-0.3, -0.25) is 9.59 Å². The van der Waals surface area contributed by atoms with E-state index in [1.807, 2.05) is 13.8 Å². The molecule has 0 aromatic heterocycles. The second kappa shape index (κ2) is 14.1. The average Bonchev–Trinajstić information content (AvgIpc) is 2.43. The van der Waals surface area contributed by atoms with Gasteiger partial charge in [0.25, 0.3) is 6.47 Å². The highest BCUT2D eigenvalue weighted by atomic mass is 16.5. The first kappa shape index (κ1) is 17.5. The van der Waals surface area contributed by atoms with Crippen LogP contribution >= 0.6 is 0 Å². The number of rotatable bonds is 5. The number of carbonyl (C=O) groups is 2. The lowest BCUT2D eigenvalue weighted by Crippen LogP contribution is -2.00. The van der Waals surface area contributed by atoms with Gasteiger partial charge in [0.1, 0.15) is 6.61 Å². The molecule has 0 aliphatic heterocycles. The molecule has 96 valence electrons. The highest BCUT2D eigenvalue weighted by molar-refractivity contribution is 5.73. The van der Waals surface area contributed by atoms with E-state index in [9.17, 15) is 9.59 Å².